The Bertz CT molecular complexity index is 1020. The molecule has 0 rings (SSSR count). The molecule has 0 bridgehead atoms. The van der Waals surface area contributed by atoms with Crippen LogP contribution in [0.1, 0.15) is 140 Å². The van der Waals surface area contributed by atoms with Crippen molar-refractivity contribution in [3.8, 4) is 0 Å². The summed E-state index contributed by atoms with van der Waals surface area (Å²) in [6, 6.07) is 0. The monoisotopic (exact) mass is 607 g/mol. The quantitative estimate of drug-likeness (QED) is 0.0851. The summed E-state index contributed by atoms with van der Waals surface area (Å²) in [6.45, 7) is 22.1. The Hall–Kier alpha value is -2.16. The molecule has 1 unspecified atom stereocenters. The molecule has 0 aliphatic carbocycles. The molecule has 0 saturated carbocycles. The van der Waals surface area contributed by atoms with Crippen LogP contribution in [0.5, 0.6) is 0 Å². The zero-order chi connectivity index (χ0) is 33.4. The highest BCUT2D eigenvalue weighted by atomic mass is 16.5. The Balaban J connectivity index is 4.35. The molecule has 0 saturated heterocycles. The topological polar surface area (TPSA) is 18.5 Å². The van der Waals surface area contributed by atoms with Crippen molar-refractivity contribution in [2.24, 2.45) is 5.92 Å². The summed E-state index contributed by atoms with van der Waals surface area (Å²) in [5, 5.41) is 0. The Morgan fingerprint density at radius 3 is 1.66 bits per heavy atom. The minimum atomic E-state index is -0.0261. The van der Waals surface area contributed by atoms with Gasteiger partial charge in [-0.25, -0.2) is 0 Å². The molecule has 0 N–H and O–H groups in total. The second kappa shape index (κ2) is 24.1. The van der Waals surface area contributed by atoms with E-state index in [1.54, 1.807) is 14.2 Å². The van der Waals surface area contributed by atoms with Crippen LogP contribution in [0.2, 0.25) is 0 Å². The third kappa shape index (κ3) is 25.2. The van der Waals surface area contributed by atoms with Crippen molar-refractivity contribution in [1.82, 2.24) is 0 Å². The summed E-state index contributed by atoms with van der Waals surface area (Å²) < 4.78 is 11.0. The highest BCUT2D eigenvalue weighted by Crippen LogP contribution is 2.20. The van der Waals surface area contributed by atoms with Gasteiger partial charge in [-0.3, -0.25) is 0 Å². The van der Waals surface area contributed by atoms with E-state index in [0.29, 0.717) is 5.92 Å². The van der Waals surface area contributed by atoms with E-state index in [1.807, 2.05) is 0 Å². The largest absolute Gasteiger partial charge is 0.379 e. The molecule has 0 spiro atoms. The fraction of sp³-hybridized carbons (Fsp3) is 0.619. The first-order valence-corrected chi connectivity index (χ1v) is 17.1. The van der Waals surface area contributed by atoms with Gasteiger partial charge in [0.05, 0.1) is 11.2 Å². The fourth-order valence-corrected chi connectivity index (χ4v) is 4.67. The van der Waals surface area contributed by atoms with Gasteiger partial charge in [0, 0.05) is 14.2 Å². The molecule has 1 atom stereocenters. The third-order valence-corrected chi connectivity index (χ3v) is 8.43. The van der Waals surface area contributed by atoms with Crippen LogP contribution in [0.15, 0.2) is 94.7 Å². The summed E-state index contributed by atoms with van der Waals surface area (Å²) in [6.07, 6.45) is 37.3. The van der Waals surface area contributed by atoms with Crippen molar-refractivity contribution in [3.05, 3.63) is 94.7 Å². The fourth-order valence-electron chi connectivity index (χ4n) is 4.67. The van der Waals surface area contributed by atoms with Gasteiger partial charge >= 0.3 is 0 Å². The van der Waals surface area contributed by atoms with E-state index in [1.165, 1.54) is 40.7 Å². The minimum Gasteiger partial charge on any atom is -0.379 e. The second-order valence-corrected chi connectivity index (χ2v) is 14.1. The lowest BCUT2D eigenvalue weighted by molar-refractivity contribution is 0.0137. The molecule has 0 aromatic carbocycles. The van der Waals surface area contributed by atoms with E-state index in [-0.39, 0.29) is 11.2 Å². The molecule has 0 amide bonds. The predicted molar refractivity (Wildman–Crippen MR) is 198 cm³/mol. The van der Waals surface area contributed by atoms with Crippen molar-refractivity contribution in [3.63, 3.8) is 0 Å². The molecule has 0 aromatic heterocycles. The standard InChI is InChI=1S/C42H70O2/c1-35(23-15-25-37(3)27-17-29-39(5)31-19-33-41(7,8)43-11)21-13-14-22-36(2)24-16-26-38(4)28-18-30-40(6)32-20-34-42(9,10)44-12/h13-15,17,22-23,25-27,29-30,35H,16,18-21,24,28,31-34H2,1-12H3/b14-13+,23-15+,27-17+,36-22+,37-25+,38-26+,39-29+,40-30+. The normalized spacial score (nSPS) is 15.9. The number of allylic oxidation sites excluding steroid dienone is 16. The van der Waals surface area contributed by atoms with Gasteiger partial charge in [0.1, 0.15) is 0 Å². The van der Waals surface area contributed by atoms with Crippen molar-refractivity contribution in [1.29, 1.82) is 0 Å². The first kappa shape index (κ1) is 41.8. The molecule has 0 aliphatic heterocycles. The molecule has 250 valence electrons. The summed E-state index contributed by atoms with van der Waals surface area (Å²) in [4.78, 5) is 0. The van der Waals surface area contributed by atoms with E-state index >= 15 is 0 Å². The number of ether oxygens (including phenoxy) is 2. The SMILES string of the molecule is COC(C)(C)CCC/C(C)=C/C=C/C(C)=C/C=C/C(C)C/C=C/C=C(\C)CC/C=C(\C)CC/C=C(\C)CCCC(C)(C)OC. The van der Waals surface area contributed by atoms with E-state index in [0.717, 1.165) is 57.8 Å². The average Bonchev–Trinajstić information content (AvgIpc) is 2.95. The Kier molecular flexibility index (Phi) is 22.9. The van der Waals surface area contributed by atoms with Crippen molar-refractivity contribution in [2.45, 2.75) is 151 Å². The third-order valence-electron chi connectivity index (χ3n) is 8.43. The van der Waals surface area contributed by atoms with Crippen LogP contribution in [-0.4, -0.2) is 25.4 Å². The van der Waals surface area contributed by atoms with Crippen molar-refractivity contribution < 1.29 is 9.47 Å². The van der Waals surface area contributed by atoms with E-state index in [2.05, 4.69) is 136 Å². The zero-order valence-corrected chi connectivity index (χ0v) is 31.0. The highest BCUT2D eigenvalue weighted by molar-refractivity contribution is 5.25. The minimum absolute atomic E-state index is 0.00670. The van der Waals surface area contributed by atoms with Crippen LogP contribution >= 0.6 is 0 Å². The second-order valence-electron chi connectivity index (χ2n) is 14.1. The number of methoxy groups -OCH3 is 2. The number of hydrogen-bond acceptors (Lipinski definition) is 2. The first-order chi connectivity index (χ1) is 20.7. The lowest BCUT2D eigenvalue weighted by Crippen LogP contribution is -2.21. The molecule has 0 radical (unpaired) electrons. The van der Waals surface area contributed by atoms with Gasteiger partial charge in [0.25, 0.3) is 0 Å². The van der Waals surface area contributed by atoms with Gasteiger partial charge in [-0.15, -0.1) is 0 Å². The molecule has 0 heterocycles. The first-order valence-electron chi connectivity index (χ1n) is 17.1. The molecular formula is C42H70O2. The lowest BCUT2D eigenvalue weighted by atomic mass is 9.98. The smallest absolute Gasteiger partial charge is 0.0622 e. The zero-order valence-electron chi connectivity index (χ0n) is 31.0. The lowest BCUT2D eigenvalue weighted by Gasteiger charge is -2.22. The van der Waals surface area contributed by atoms with Crippen molar-refractivity contribution >= 4 is 0 Å². The van der Waals surface area contributed by atoms with E-state index < -0.39 is 0 Å². The van der Waals surface area contributed by atoms with Crippen LogP contribution in [-0.2, 0) is 9.47 Å². The van der Waals surface area contributed by atoms with Crippen LogP contribution in [0.4, 0.5) is 0 Å². The Morgan fingerprint density at radius 2 is 1.09 bits per heavy atom. The summed E-state index contributed by atoms with van der Waals surface area (Å²) >= 11 is 0. The van der Waals surface area contributed by atoms with E-state index in [9.17, 15) is 0 Å². The maximum Gasteiger partial charge on any atom is 0.0622 e. The van der Waals surface area contributed by atoms with Crippen LogP contribution < -0.4 is 0 Å². The van der Waals surface area contributed by atoms with Gasteiger partial charge in [0.2, 0.25) is 0 Å². The molecule has 2 heteroatoms. The molecular weight excluding hydrogens is 536 g/mol. The number of hydrogen-bond donors (Lipinski definition) is 0. The van der Waals surface area contributed by atoms with Crippen molar-refractivity contribution in [2.75, 3.05) is 14.2 Å². The van der Waals surface area contributed by atoms with Gasteiger partial charge in [0.15, 0.2) is 0 Å². The van der Waals surface area contributed by atoms with Gasteiger partial charge in [-0.2, -0.15) is 0 Å². The molecule has 0 fully saturated rings. The maximum absolute atomic E-state index is 5.53. The summed E-state index contributed by atoms with van der Waals surface area (Å²) in [5.41, 5.74) is 7.10. The molecule has 0 aromatic rings. The summed E-state index contributed by atoms with van der Waals surface area (Å²) in [5.74, 6) is 0.520. The Morgan fingerprint density at radius 1 is 0.614 bits per heavy atom. The van der Waals surface area contributed by atoms with Gasteiger partial charge in [-0.05, 0) is 139 Å². The number of rotatable bonds is 23. The molecule has 44 heavy (non-hydrogen) atoms. The van der Waals surface area contributed by atoms with E-state index in [4.69, 9.17) is 9.47 Å². The maximum atomic E-state index is 5.53. The Labute approximate surface area is 274 Å². The van der Waals surface area contributed by atoms with Crippen LogP contribution in [0, 0.1) is 5.92 Å². The van der Waals surface area contributed by atoms with Gasteiger partial charge < -0.3 is 9.47 Å². The predicted octanol–water partition coefficient (Wildman–Crippen LogP) is 13.2. The van der Waals surface area contributed by atoms with Gasteiger partial charge in [-0.1, -0.05) is 102 Å². The highest BCUT2D eigenvalue weighted by Gasteiger charge is 2.15. The summed E-state index contributed by atoms with van der Waals surface area (Å²) in [7, 11) is 3.60. The average molecular weight is 607 g/mol. The molecule has 2 nitrogen and oxygen atoms in total. The molecule has 0 aliphatic rings. The van der Waals surface area contributed by atoms with Crippen LogP contribution in [0.3, 0.4) is 0 Å². The van der Waals surface area contributed by atoms with Crippen LogP contribution in [0.25, 0.3) is 0 Å².